The quantitative estimate of drug-likeness (QED) is 0.271. The van der Waals surface area contributed by atoms with Gasteiger partial charge in [0.15, 0.2) is 5.84 Å². The Morgan fingerprint density at radius 1 is 1.37 bits per heavy atom. The zero-order chi connectivity index (χ0) is 14.1. The number of nitrogens with two attached hydrogens (primary N) is 1. The molecule has 0 aliphatic carbocycles. The topological polar surface area (TPSA) is 91.3 Å². The Morgan fingerprint density at radius 2 is 2.11 bits per heavy atom. The smallest absolute Gasteiger partial charge is 0.170 e. The minimum Gasteiger partial charge on any atom is -0.409 e. The van der Waals surface area contributed by atoms with Crippen LogP contribution in [-0.4, -0.2) is 54.5 Å². The SMILES string of the molecule is COCCN(CCO)Cc1ccccc1/C(N)=N/O. The van der Waals surface area contributed by atoms with Gasteiger partial charge in [-0.25, -0.2) is 0 Å². The molecule has 1 aromatic carbocycles. The summed E-state index contributed by atoms with van der Waals surface area (Å²) >= 11 is 0. The van der Waals surface area contributed by atoms with Crippen molar-refractivity contribution in [2.24, 2.45) is 10.9 Å². The molecule has 0 radical (unpaired) electrons. The molecule has 0 aliphatic rings. The van der Waals surface area contributed by atoms with Crippen LogP contribution in [0.4, 0.5) is 0 Å². The number of aliphatic hydroxyl groups excluding tert-OH is 1. The highest BCUT2D eigenvalue weighted by Crippen LogP contribution is 2.11. The summed E-state index contributed by atoms with van der Waals surface area (Å²) < 4.78 is 5.04. The summed E-state index contributed by atoms with van der Waals surface area (Å²) in [6.07, 6.45) is 0. The molecule has 0 saturated carbocycles. The molecule has 0 saturated heterocycles. The molecule has 4 N–H and O–H groups in total. The molecule has 0 aliphatic heterocycles. The first-order valence-electron chi connectivity index (χ1n) is 6.11. The third kappa shape index (κ3) is 4.86. The molecular formula is C13H21N3O3. The van der Waals surface area contributed by atoms with Crippen molar-refractivity contribution in [1.82, 2.24) is 4.90 Å². The molecule has 0 fully saturated rings. The molecule has 0 heterocycles. The number of amidine groups is 1. The zero-order valence-corrected chi connectivity index (χ0v) is 11.1. The first-order valence-corrected chi connectivity index (χ1v) is 6.11. The van der Waals surface area contributed by atoms with Gasteiger partial charge in [-0.15, -0.1) is 0 Å². The van der Waals surface area contributed by atoms with E-state index in [1.54, 1.807) is 13.2 Å². The van der Waals surface area contributed by atoms with E-state index >= 15 is 0 Å². The summed E-state index contributed by atoms with van der Waals surface area (Å²) in [4.78, 5) is 2.05. The Bertz CT molecular complexity index is 410. The summed E-state index contributed by atoms with van der Waals surface area (Å²) in [6, 6.07) is 7.46. The Kier molecular flexibility index (Phi) is 6.88. The van der Waals surface area contributed by atoms with Crippen LogP contribution in [0, 0.1) is 0 Å². The number of rotatable bonds is 8. The number of methoxy groups -OCH3 is 1. The lowest BCUT2D eigenvalue weighted by atomic mass is 10.1. The Balaban J connectivity index is 2.83. The van der Waals surface area contributed by atoms with Crippen LogP contribution in [0.15, 0.2) is 29.4 Å². The van der Waals surface area contributed by atoms with Gasteiger partial charge in [0.25, 0.3) is 0 Å². The van der Waals surface area contributed by atoms with E-state index in [0.29, 0.717) is 31.8 Å². The van der Waals surface area contributed by atoms with Gasteiger partial charge in [0.2, 0.25) is 0 Å². The molecule has 0 amide bonds. The number of hydrogen-bond donors (Lipinski definition) is 3. The third-order valence-corrected chi connectivity index (χ3v) is 2.82. The Hall–Kier alpha value is -1.63. The minimum absolute atomic E-state index is 0.0788. The summed E-state index contributed by atoms with van der Waals surface area (Å²) in [6.45, 7) is 2.53. The number of oxime groups is 1. The van der Waals surface area contributed by atoms with E-state index in [-0.39, 0.29) is 12.4 Å². The molecule has 6 heteroatoms. The number of aliphatic hydroxyl groups is 1. The van der Waals surface area contributed by atoms with Gasteiger partial charge in [0.1, 0.15) is 0 Å². The van der Waals surface area contributed by atoms with Crippen LogP contribution in [-0.2, 0) is 11.3 Å². The maximum absolute atomic E-state index is 9.07. The summed E-state index contributed by atoms with van der Waals surface area (Å²) in [5, 5.41) is 20.9. The van der Waals surface area contributed by atoms with Gasteiger partial charge in [0.05, 0.1) is 13.2 Å². The van der Waals surface area contributed by atoms with Gasteiger partial charge < -0.3 is 20.8 Å². The van der Waals surface area contributed by atoms with Crippen molar-refractivity contribution in [3.63, 3.8) is 0 Å². The second-order valence-corrected chi connectivity index (χ2v) is 4.13. The average Bonchev–Trinajstić information content (AvgIpc) is 2.44. The highest BCUT2D eigenvalue weighted by molar-refractivity contribution is 5.98. The molecule has 0 atom stereocenters. The maximum Gasteiger partial charge on any atom is 0.170 e. The molecule has 1 aromatic rings. The fraction of sp³-hybridized carbons (Fsp3) is 0.462. The average molecular weight is 267 g/mol. The van der Waals surface area contributed by atoms with Crippen molar-refractivity contribution in [1.29, 1.82) is 0 Å². The first kappa shape index (κ1) is 15.4. The van der Waals surface area contributed by atoms with E-state index in [1.165, 1.54) is 0 Å². The van der Waals surface area contributed by atoms with E-state index in [1.807, 2.05) is 23.1 Å². The van der Waals surface area contributed by atoms with Crippen molar-refractivity contribution in [3.8, 4) is 0 Å². The van der Waals surface area contributed by atoms with Crippen molar-refractivity contribution < 1.29 is 15.1 Å². The molecule has 106 valence electrons. The summed E-state index contributed by atoms with van der Waals surface area (Å²) in [5.41, 5.74) is 7.30. The molecular weight excluding hydrogens is 246 g/mol. The van der Waals surface area contributed by atoms with Crippen molar-refractivity contribution in [2.45, 2.75) is 6.54 Å². The molecule has 0 spiro atoms. The summed E-state index contributed by atoms with van der Waals surface area (Å²) in [7, 11) is 1.64. The second kappa shape index (κ2) is 8.47. The largest absolute Gasteiger partial charge is 0.409 e. The highest BCUT2D eigenvalue weighted by Gasteiger charge is 2.10. The fourth-order valence-electron chi connectivity index (χ4n) is 1.83. The molecule has 0 unspecified atom stereocenters. The van der Waals surface area contributed by atoms with Crippen molar-refractivity contribution in [3.05, 3.63) is 35.4 Å². The lowest BCUT2D eigenvalue weighted by Crippen LogP contribution is -2.31. The Morgan fingerprint density at radius 3 is 2.74 bits per heavy atom. The van der Waals surface area contributed by atoms with Crippen molar-refractivity contribution >= 4 is 5.84 Å². The van der Waals surface area contributed by atoms with Crippen LogP contribution < -0.4 is 5.73 Å². The highest BCUT2D eigenvalue weighted by atomic mass is 16.5. The zero-order valence-electron chi connectivity index (χ0n) is 11.1. The van der Waals surface area contributed by atoms with Gasteiger partial charge in [0, 0.05) is 32.3 Å². The fourth-order valence-corrected chi connectivity index (χ4v) is 1.83. The first-order chi connectivity index (χ1) is 9.22. The van der Waals surface area contributed by atoms with Crippen LogP contribution in [0.5, 0.6) is 0 Å². The van der Waals surface area contributed by atoms with E-state index in [2.05, 4.69) is 5.16 Å². The van der Waals surface area contributed by atoms with Gasteiger partial charge >= 0.3 is 0 Å². The lowest BCUT2D eigenvalue weighted by molar-refractivity contribution is 0.127. The van der Waals surface area contributed by atoms with E-state index in [0.717, 1.165) is 5.56 Å². The lowest BCUT2D eigenvalue weighted by Gasteiger charge is -2.22. The number of hydrogen-bond acceptors (Lipinski definition) is 5. The predicted octanol–water partition coefficient (Wildman–Crippen LogP) is 0.222. The molecule has 0 aromatic heterocycles. The van der Waals surface area contributed by atoms with Crippen LogP contribution >= 0.6 is 0 Å². The molecule has 0 bridgehead atoms. The van der Waals surface area contributed by atoms with E-state index in [9.17, 15) is 0 Å². The number of nitrogens with zero attached hydrogens (tertiary/aromatic N) is 2. The van der Waals surface area contributed by atoms with Crippen LogP contribution in [0.25, 0.3) is 0 Å². The molecule has 6 nitrogen and oxygen atoms in total. The van der Waals surface area contributed by atoms with Gasteiger partial charge in [-0.05, 0) is 5.56 Å². The van der Waals surface area contributed by atoms with Crippen LogP contribution in [0.3, 0.4) is 0 Å². The molecule has 1 rings (SSSR count). The van der Waals surface area contributed by atoms with Gasteiger partial charge in [-0.1, -0.05) is 29.4 Å². The monoisotopic (exact) mass is 267 g/mol. The van der Waals surface area contributed by atoms with Crippen LogP contribution in [0.2, 0.25) is 0 Å². The third-order valence-electron chi connectivity index (χ3n) is 2.82. The normalized spacial score (nSPS) is 12.1. The predicted molar refractivity (Wildman–Crippen MR) is 73.2 cm³/mol. The number of ether oxygens (including phenoxy) is 1. The van der Waals surface area contributed by atoms with E-state index in [4.69, 9.17) is 20.8 Å². The second-order valence-electron chi connectivity index (χ2n) is 4.13. The van der Waals surface area contributed by atoms with Gasteiger partial charge in [-0.3, -0.25) is 4.90 Å². The van der Waals surface area contributed by atoms with Gasteiger partial charge in [-0.2, -0.15) is 0 Å². The molecule has 19 heavy (non-hydrogen) atoms. The van der Waals surface area contributed by atoms with Crippen LogP contribution in [0.1, 0.15) is 11.1 Å². The minimum atomic E-state index is 0.0788. The maximum atomic E-state index is 9.07. The Labute approximate surface area is 113 Å². The standard InChI is InChI=1S/C13H21N3O3/c1-19-9-7-16(6-8-17)10-11-4-2-3-5-12(11)13(14)15-18/h2-5,17-18H,6-10H2,1H3,(H2,14,15). The van der Waals surface area contributed by atoms with E-state index < -0.39 is 0 Å². The summed E-state index contributed by atoms with van der Waals surface area (Å²) in [5.74, 6) is 0.0892. The number of benzene rings is 1. The van der Waals surface area contributed by atoms with Crippen molar-refractivity contribution in [2.75, 3.05) is 33.4 Å².